The molecule has 3 nitrogen and oxygen atoms in total. The van der Waals surface area contributed by atoms with E-state index in [9.17, 15) is 0 Å². The number of anilines is 1. The van der Waals surface area contributed by atoms with Gasteiger partial charge < -0.3 is 9.73 Å². The van der Waals surface area contributed by atoms with Crippen LogP contribution in [0, 0.1) is 0 Å². The van der Waals surface area contributed by atoms with Gasteiger partial charge in [0.15, 0.2) is 5.13 Å². The first-order valence-corrected chi connectivity index (χ1v) is 6.55. The van der Waals surface area contributed by atoms with Crippen molar-refractivity contribution in [2.24, 2.45) is 0 Å². The van der Waals surface area contributed by atoms with E-state index < -0.39 is 0 Å². The monoisotopic (exact) mass is 232 g/mol. The van der Waals surface area contributed by atoms with Crippen LogP contribution in [-0.4, -0.2) is 11.0 Å². The Labute approximate surface area is 97.5 Å². The fraction of sp³-hybridized carbons (Fsp3) is 0.417. The van der Waals surface area contributed by atoms with Crippen LogP contribution in [0.5, 0.6) is 0 Å². The lowest BCUT2D eigenvalue weighted by Crippen LogP contribution is -2.00. The molecule has 0 radical (unpaired) electrons. The zero-order chi connectivity index (χ0) is 10.5. The predicted octanol–water partition coefficient (Wildman–Crippen LogP) is 3.08. The molecular weight excluding hydrogens is 220 g/mol. The summed E-state index contributed by atoms with van der Waals surface area (Å²) >= 11 is 1.81. The predicted molar refractivity (Wildman–Crippen MR) is 63.9 cm³/mol. The molecule has 2 aliphatic carbocycles. The number of rotatable bonds is 2. The lowest BCUT2D eigenvalue weighted by molar-refractivity contribution is 0.508. The van der Waals surface area contributed by atoms with Crippen LogP contribution >= 0.6 is 11.3 Å². The number of nitrogens with one attached hydrogen (secondary N) is 1. The van der Waals surface area contributed by atoms with Crippen molar-refractivity contribution in [3.05, 3.63) is 23.0 Å². The minimum Gasteiger partial charge on any atom is -0.469 e. The standard InChI is InChI=1S/C12H12N2OS/c1-2-7(1)13-12-14-11-8-5-6-15-9(8)3-4-10(11)16-12/h5-7H,1-4H2,(H,13,14). The molecule has 0 unspecified atom stereocenters. The second-order valence-electron chi connectivity index (χ2n) is 4.47. The zero-order valence-electron chi connectivity index (χ0n) is 8.82. The highest BCUT2D eigenvalue weighted by molar-refractivity contribution is 7.16. The van der Waals surface area contributed by atoms with Crippen molar-refractivity contribution in [1.82, 2.24) is 4.98 Å². The highest BCUT2D eigenvalue weighted by Gasteiger charge is 2.26. The Kier molecular flexibility index (Phi) is 1.71. The Morgan fingerprint density at radius 1 is 1.38 bits per heavy atom. The van der Waals surface area contributed by atoms with E-state index in [1.807, 2.05) is 6.07 Å². The van der Waals surface area contributed by atoms with Crippen molar-refractivity contribution in [3.63, 3.8) is 0 Å². The number of fused-ring (bicyclic) bond motifs is 3. The summed E-state index contributed by atoms with van der Waals surface area (Å²) in [7, 11) is 0. The average Bonchev–Trinajstić information content (AvgIpc) is 2.80. The van der Waals surface area contributed by atoms with Crippen molar-refractivity contribution in [3.8, 4) is 11.3 Å². The van der Waals surface area contributed by atoms with Crippen LogP contribution < -0.4 is 5.32 Å². The first-order chi connectivity index (χ1) is 7.90. The summed E-state index contributed by atoms with van der Waals surface area (Å²) in [5.74, 6) is 1.09. The van der Waals surface area contributed by atoms with Crippen molar-refractivity contribution in [2.45, 2.75) is 31.7 Å². The van der Waals surface area contributed by atoms with Crippen molar-refractivity contribution < 1.29 is 4.42 Å². The highest BCUT2D eigenvalue weighted by atomic mass is 32.1. The minimum atomic E-state index is 0.677. The van der Waals surface area contributed by atoms with Crippen molar-refractivity contribution >= 4 is 16.5 Å². The van der Waals surface area contributed by atoms with Crippen molar-refractivity contribution in [2.75, 3.05) is 5.32 Å². The Morgan fingerprint density at radius 3 is 3.19 bits per heavy atom. The molecule has 4 heteroatoms. The Bertz CT molecular complexity index is 539. The summed E-state index contributed by atoms with van der Waals surface area (Å²) < 4.78 is 5.46. The van der Waals surface area contributed by atoms with Crippen LogP contribution in [0.25, 0.3) is 11.3 Å². The second-order valence-corrected chi connectivity index (χ2v) is 5.55. The third-order valence-electron chi connectivity index (χ3n) is 3.18. The molecule has 0 amide bonds. The van der Waals surface area contributed by atoms with E-state index in [0.717, 1.165) is 29.4 Å². The maximum absolute atomic E-state index is 5.46. The van der Waals surface area contributed by atoms with Gasteiger partial charge in [-0.15, -0.1) is 11.3 Å². The number of nitrogens with zero attached hydrogens (tertiary/aromatic N) is 1. The summed E-state index contributed by atoms with van der Waals surface area (Å²) in [6.45, 7) is 0. The SMILES string of the molecule is c1cc2c(o1)CCc1sc(NC3CC3)nc1-2. The van der Waals surface area contributed by atoms with E-state index in [1.54, 1.807) is 17.6 Å². The van der Waals surface area contributed by atoms with Gasteiger partial charge in [-0.05, 0) is 25.3 Å². The third-order valence-corrected chi connectivity index (χ3v) is 4.23. The summed E-state index contributed by atoms with van der Waals surface area (Å²) in [5, 5.41) is 4.56. The van der Waals surface area contributed by atoms with Crippen LogP contribution in [0.4, 0.5) is 5.13 Å². The van der Waals surface area contributed by atoms with Gasteiger partial charge in [0, 0.05) is 22.9 Å². The third kappa shape index (κ3) is 1.29. The summed E-state index contributed by atoms with van der Waals surface area (Å²) in [6, 6.07) is 2.71. The Hall–Kier alpha value is -1.29. The molecule has 16 heavy (non-hydrogen) atoms. The topological polar surface area (TPSA) is 38.1 Å². The Morgan fingerprint density at radius 2 is 2.31 bits per heavy atom. The van der Waals surface area contributed by atoms with Gasteiger partial charge in [0.05, 0.1) is 12.0 Å². The maximum Gasteiger partial charge on any atom is 0.183 e. The molecule has 0 spiro atoms. The fourth-order valence-electron chi connectivity index (χ4n) is 2.17. The van der Waals surface area contributed by atoms with Gasteiger partial charge in [-0.3, -0.25) is 0 Å². The van der Waals surface area contributed by atoms with E-state index in [1.165, 1.54) is 23.3 Å². The van der Waals surface area contributed by atoms with Gasteiger partial charge in [0.2, 0.25) is 0 Å². The first-order valence-electron chi connectivity index (χ1n) is 5.73. The normalized spacial score (nSPS) is 18.0. The number of furan rings is 1. The van der Waals surface area contributed by atoms with Crippen LogP contribution in [0.15, 0.2) is 16.7 Å². The molecule has 2 aromatic heterocycles. The number of aromatic nitrogens is 1. The van der Waals surface area contributed by atoms with Crippen molar-refractivity contribution in [1.29, 1.82) is 0 Å². The number of hydrogen-bond donors (Lipinski definition) is 1. The molecular formula is C12H12N2OS. The molecule has 1 saturated carbocycles. The van der Waals surface area contributed by atoms with E-state index in [2.05, 4.69) is 5.32 Å². The van der Waals surface area contributed by atoms with E-state index >= 15 is 0 Å². The number of aryl methyl sites for hydroxylation is 2. The molecule has 1 fully saturated rings. The van der Waals surface area contributed by atoms with Gasteiger partial charge in [-0.25, -0.2) is 4.98 Å². The largest absolute Gasteiger partial charge is 0.469 e. The number of hydrogen-bond acceptors (Lipinski definition) is 4. The highest BCUT2D eigenvalue weighted by Crippen LogP contribution is 2.39. The van der Waals surface area contributed by atoms with Crippen LogP contribution in [-0.2, 0) is 12.8 Å². The lowest BCUT2D eigenvalue weighted by atomic mass is 10.0. The van der Waals surface area contributed by atoms with Crippen LogP contribution in [0.2, 0.25) is 0 Å². The molecule has 0 atom stereocenters. The molecule has 0 aromatic carbocycles. The average molecular weight is 232 g/mol. The lowest BCUT2D eigenvalue weighted by Gasteiger charge is -2.07. The van der Waals surface area contributed by atoms with Crippen LogP contribution in [0.3, 0.4) is 0 Å². The van der Waals surface area contributed by atoms with Gasteiger partial charge in [0.1, 0.15) is 5.76 Å². The van der Waals surface area contributed by atoms with Gasteiger partial charge in [-0.1, -0.05) is 0 Å². The molecule has 2 aliphatic rings. The van der Waals surface area contributed by atoms with Gasteiger partial charge in [0.25, 0.3) is 0 Å². The molecule has 2 heterocycles. The molecule has 0 bridgehead atoms. The fourth-order valence-corrected chi connectivity index (χ4v) is 3.22. The second kappa shape index (κ2) is 3.10. The molecule has 82 valence electrons. The summed E-state index contributed by atoms with van der Waals surface area (Å²) in [6.07, 6.45) is 6.44. The van der Waals surface area contributed by atoms with Gasteiger partial charge in [-0.2, -0.15) is 0 Å². The van der Waals surface area contributed by atoms with E-state index in [4.69, 9.17) is 9.40 Å². The smallest absolute Gasteiger partial charge is 0.183 e. The molecule has 2 aromatic rings. The molecule has 0 saturated heterocycles. The maximum atomic E-state index is 5.46. The quantitative estimate of drug-likeness (QED) is 0.864. The first kappa shape index (κ1) is 8.82. The number of thiazole rings is 1. The zero-order valence-corrected chi connectivity index (χ0v) is 9.64. The van der Waals surface area contributed by atoms with Crippen LogP contribution in [0.1, 0.15) is 23.5 Å². The molecule has 0 aliphatic heterocycles. The molecule has 4 rings (SSSR count). The van der Waals surface area contributed by atoms with Gasteiger partial charge >= 0.3 is 0 Å². The summed E-state index contributed by atoms with van der Waals surface area (Å²) in [4.78, 5) is 6.09. The van der Waals surface area contributed by atoms with E-state index in [-0.39, 0.29) is 0 Å². The minimum absolute atomic E-state index is 0.677. The Balaban J connectivity index is 1.76. The van der Waals surface area contributed by atoms with E-state index in [0.29, 0.717) is 6.04 Å². The molecule has 1 N–H and O–H groups in total. The summed E-state index contributed by atoms with van der Waals surface area (Å²) in [5.41, 5.74) is 2.34.